The Morgan fingerprint density at radius 1 is 1.10 bits per heavy atom. The molecule has 0 aliphatic carbocycles. The van der Waals surface area contributed by atoms with Gasteiger partial charge in [-0.3, -0.25) is 9.59 Å². The van der Waals surface area contributed by atoms with Crippen molar-refractivity contribution in [2.24, 2.45) is 0 Å². The van der Waals surface area contributed by atoms with Gasteiger partial charge in [-0.15, -0.1) is 0 Å². The summed E-state index contributed by atoms with van der Waals surface area (Å²) in [5.74, 6) is -0.374. The lowest BCUT2D eigenvalue weighted by Gasteiger charge is -2.11. The number of carbonyl (C=O) groups excluding carboxylic acids is 2. The molecule has 0 saturated carbocycles. The van der Waals surface area contributed by atoms with Gasteiger partial charge in [0.25, 0.3) is 0 Å². The molecule has 3 nitrogen and oxygen atoms in total. The molecule has 0 aliphatic heterocycles. The molecule has 2 rings (SSSR count). The Hall–Kier alpha value is -2.14. The summed E-state index contributed by atoms with van der Waals surface area (Å²) in [6.45, 7) is 0.243. The highest BCUT2D eigenvalue weighted by Crippen LogP contribution is 2.34. The van der Waals surface area contributed by atoms with Crippen molar-refractivity contribution in [1.29, 1.82) is 0 Å². The van der Waals surface area contributed by atoms with E-state index in [0.29, 0.717) is 27.3 Å². The third-order valence-corrected chi connectivity index (χ3v) is 3.94. The maximum Gasteiger partial charge on any atom is 0.207 e. The van der Waals surface area contributed by atoms with E-state index in [1.807, 2.05) is 0 Å². The molecule has 0 atom stereocenters. The van der Waals surface area contributed by atoms with Crippen LogP contribution in [0.1, 0.15) is 15.9 Å². The van der Waals surface area contributed by atoms with Crippen LogP contribution < -0.4 is 5.32 Å². The number of hydrogen-bond donors (Lipinski definition) is 1. The number of rotatable bonds is 6. The SMILES string of the molecule is O=CNCc1cccc(F)c1Sc1ccccc1C=O. The zero-order valence-electron chi connectivity index (χ0n) is 10.5. The molecule has 0 aliphatic rings. The fraction of sp³-hybridized carbons (Fsp3) is 0.0667. The first-order chi connectivity index (χ1) is 9.76. The molecule has 0 heterocycles. The minimum atomic E-state index is -0.374. The minimum Gasteiger partial charge on any atom is -0.355 e. The number of benzene rings is 2. The van der Waals surface area contributed by atoms with E-state index in [-0.39, 0.29) is 12.4 Å². The molecule has 20 heavy (non-hydrogen) atoms. The van der Waals surface area contributed by atoms with Gasteiger partial charge in [-0.1, -0.05) is 42.1 Å². The topological polar surface area (TPSA) is 46.2 Å². The molecule has 5 heteroatoms. The lowest BCUT2D eigenvalue weighted by atomic mass is 10.2. The molecule has 1 N–H and O–H groups in total. The van der Waals surface area contributed by atoms with Gasteiger partial charge in [0, 0.05) is 17.0 Å². The van der Waals surface area contributed by atoms with Gasteiger partial charge in [0.05, 0.1) is 4.90 Å². The highest BCUT2D eigenvalue weighted by atomic mass is 32.2. The molecule has 0 fully saturated rings. The molecule has 102 valence electrons. The average molecular weight is 289 g/mol. The fourth-order valence-electron chi connectivity index (χ4n) is 1.74. The zero-order chi connectivity index (χ0) is 14.4. The predicted octanol–water partition coefficient (Wildman–Crippen LogP) is 3.04. The van der Waals surface area contributed by atoms with Crippen LogP contribution in [0.3, 0.4) is 0 Å². The molecule has 0 unspecified atom stereocenters. The first kappa shape index (κ1) is 14.3. The number of amides is 1. The smallest absolute Gasteiger partial charge is 0.207 e. The van der Waals surface area contributed by atoms with Crippen LogP contribution in [0.4, 0.5) is 4.39 Å². The molecular formula is C15H12FNO2S. The van der Waals surface area contributed by atoms with Gasteiger partial charge in [0.15, 0.2) is 6.29 Å². The van der Waals surface area contributed by atoms with E-state index in [1.54, 1.807) is 36.4 Å². The van der Waals surface area contributed by atoms with Crippen molar-refractivity contribution in [1.82, 2.24) is 5.32 Å². The molecule has 1 amide bonds. The summed E-state index contributed by atoms with van der Waals surface area (Å²) < 4.78 is 14.0. The quantitative estimate of drug-likeness (QED) is 0.831. The van der Waals surface area contributed by atoms with Crippen molar-refractivity contribution < 1.29 is 14.0 Å². The van der Waals surface area contributed by atoms with Gasteiger partial charge in [0.2, 0.25) is 6.41 Å². The van der Waals surface area contributed by atoms with Gasteiger partial charge >= 0.3 is 0 Å². The van der Waals surface area contributed by atoms with Gasteiger partial charge in [-0.25, -0.2) is 4.39 Å². The standard InChI is InChI=1S/C15H12FNO2S/c16-13-6-3-5-11(8-17-10-19)15(13)20-14-7-2-1-4-12(14)9-18/h1-7,9-10H,8H2,(H,17,19). The van der Waals surface area contributed by atoms with Crippen molar-refractivity contribution in [3.8, 4) is 0 Å². The molecule has 0 bridgehead atoms. The Labute approximate surface area is 120 Å². The summed E-state index contributed by atoms with van der Waals surface area (Å²) >= 11 is 1.18. The number of hydrogen-bond acceptors (Lipinski definition) is 3. The van der Waals surface area contributed by atoms with Crippen LogP contribution >= 0.6 is 11.8 Å². The number of nitrogens with one attached hydrogen (secondary N) is 1. The first-order valence-electron chi connectivity index (χ1n) is 5.92. The highest BCUT2D eigenvalue weighted by molar-refractivity contribution is 7.99. The van der Waals surface area contributed by atoms with Gasteiger partial charge in [-0.05, 0) is 17.7 Å². The Morgan fingerprint density at radius 2 is 1.90 bits per heavy atom. The van der Waals surface area contributed by atoms with Crippen molar-refractivity contribution in [2.45, 2.75) is 16.3 Å². The van der Waals surface area contributed by atoms with E-state index in [0.717, 1.165) is 6.29 Å². The predicted molar refractivity (Wildman–Crippen MR) is 75.3 cm³/mol. The molecule has 2 aromatic carbocycles. The van der Waals surface area contributed by atoms with Gasteiger partial charge in [0.1, 0.15) is 5.82 Å². The van der Waals surface area contributed by atoms with Crippen LogP contribution in [0, 0.1) is 5.82 Å². The number of halogens is 1. The average Bonchev–Trinajstić information content (AvgIpc) is 2.48. The van der Waals surface area contributed by atoms with E-state index >= 15 is 0 Å². The Balaban J connectivity index is 2.36. The van der Waals surface area contributed by atoms with Crippen molar-refractivity contribution in [2.75, 3.05) is 0 Å². The fourth-order valence-corrected chi connectivity index (χ4v) is 2.78. The Morgan fingerprint density at radius 3 is 2.65 bits per heavy atom. The van der Waals surface area contributed by atoms with Crippen molar-refractivity contribution in [3.05, 3.63) is 59.4 Å². The zero-order valence-corrected chi connectivity index (χ0v) is 11.3. The van der Waals surface area contributed by atoms with E-state index in [2.05, 4.69) is 5.32 Å². The Bertz CT molecular complexity index is 631. The molecular weight excluding hydrogens is 277 g/mol. The van der Waals surface area contributed by atoms with Crippen LogP contribution in [-0.2, 0) is 11.3 Å². The Kier molecular flexibility index (Phi) is 4.90. The van der Waals surface area contributed by atoms with Crippen molar-refractivity contribution >= 4 is 24.5 Å². The summed E-state index contributed by atoms with van der Waals surface area (Å²) in [6, 6.07) is 11.7. The summed E-state index contributed by atoms with van der Waals surface area (Å²) in [6.07, 6.45) is 1.31. The van der Waals surface area contributed by atoms with Crippen molar-refractivity contribution in [3.63, 3.8) is 0 Å². The van der Waals surface area contributed by atoms with Crippen LogP contribution in [0.2, 0.25) is 0 Å². The second-order valence-corrected chi connectivity index (χ2v) is 5.04. The maximum atomic E-state index is 14.0. The molecule has 0 saturated heterocycles. The first-order valence-corrected chi connectivity index (χ1v) is 6.74. The van der Waals surface area contributed by atoms with Crippen LogP contribution in [0.15, 0.2) is 52.3 Å². The van der Waals surface area contributed by atoms with Gasteiger partial charge < -0.3 is 5.32 Å². The maximum absolute atomic E-state index is 14.0. The van der Waals surface area contributed by atoms with Crippen LogP contribution in [-0.4, -0.2) is 12.7 Å². The minimum absolute atomic E-state index is 0.243. The summed E-state index contributed by atoms with van der Waals surface area (Å²) in [5.41, 5.74) is 1.18. The normalized spacial score (nSPS) is 10.1. The second-order valence-electron chi connectivity index (χ2n) is 3.98. The van der Waals surface area contributed by atoms with Crippen LogP contribution in [0.5, 0.6) is 0 Å². The third-order valence-electron chi connectivity index (χ3n) is 2.68. The highest BCUT2D eigenvalue weighted by Gasteiger charge is 2.12. The third kappa shape index (κ3) is 3.24. The lowest BCUT2D eigenvalue weighted by molar-refractivity contribution is -0.109. The lowest BCUT2D eigenvalue weighted by Crippen LogP contribution is -2.11. The van der Waals surface area contributed by atoms with E-state index in [4.69, 9.17) is 0 Å². The van der Waals surface area contributed by atoms with Gasteiger partial charge in [-0.2, -0.15) is 0 Å². The number of carbonyl (C=O) groups is 2. The number of aldehydes is 1. The summed E-state index contributed by atoms with van der Waals surface area (Å²) in [5, 5.41) is 2.52. The second kappa shape index (κ2) is 6.86. The molecule has 2 aromatic rings. The largest absolute Gasteiger partial charge is 0.355 e. The van der Waals surface area contributed by atoms with E-state index < -0.39 is 0 Å². The molecule has 0 aromatic heterocycles. The van der Waals surface area contributed by atoms with Crippen LogP contribution in [0.25, 0.3) is 0 Å². The summed E-state index contributed by atoms with van der Waals surface area (Å²) in [4.78, 5) is 22.5. The molecule has 0 spiro atoms. The monoisotopic (exact) mass is 289 g/mol. The summed E-state index contributed by atoms with van der Waals surface area (Å²) in [7, 11) is 0. The van der Waals surface area contributed by atoms with E-state index in [9.17, 15) is 14.0 Å². The van der Waals surface area contributed by atoms with E-state index in [1.165, 1.54) is 17.8 Å². The molecule has 0 radical (unpaired) electrons.